The van der Waals surface area contributed by atoms with Crippen LogP contribution in [0, 0.1) is 0 Å². The topological polar surface area (TPSA) is 62.6 Å². The summed E-state index contributed by atoms with van der Waals surface area (Å²) in [5, 5.41) is 4.13. The number of rotatable bonds is 3. The summed E-state index contributed by atoms with van der Waals surface area (Å²) in [7, 11) is 0. The minimum atomic E-state index is -0.380. The highest BCUT2D eigenvalue weighted by molar-refractivity contribution is 5.88. The van der Waals surface area contributed by atoms with Gasteiger partial charge in [0, 0.05) is 12.3 Å². The number of hydrogen-bond acceptors (Lipinski definition) is 5. The quantitative estimate of drug-likeness (QED) is 0.787. The number of nitrogens with zero attached hydrogens (tertiary/aromatic N) is 2. The third-order valence-corrected chi connectivity index (χ3v) is 2.71. The molecule has 0 fully saturated rings. The molecule has 1 aromatic heterocycles. The number of carbonyl (C=O) groups excluding carboxylic acids is 1. The van der Waals surface area contributed by atoms with Crippen LogP contribution in [0.3, 0.4) is 0 Å². The summed E-state index contributed by atoms with van der Waals surface area (Å²) in [5.41, 5.74) is 1.21. The van der Waals surface area contributed by atoms with E-state index in [2.05, 4.69) is 5.10 Å². The minimum absolute atomic E-state index is 0.228. The lowest BCUT2D eigenvalue weighted by Crippen LogP contribution is -2.03. The normalized spacial score (nSPS) is 12.5. The van der Waals surface area contributed by atoms with Crippen molar-refractivity contribution < 1.29 is 19.0 Å². The Kier molecular flexibility index (Phi) is 2.83. The van der Waals surface area contributed by atoms with E-state index in [1.807, 2.05) is 18.2 Å². The Morgan fingerprint density at radius 2 is 2.26 bits per heavy atom. The zero-order valence-corrected chi connectivity index (χ0v) is 10.3. The van der Waals surface area contributed by atoms with Crippen LogP contribution in [0.2, 0.25) is 0 Å². The summed E-state index contributed by atoms with van der Waals surface area (Å²) >= 11 is 0. The van der Waals surface area contributed by atoms with Gasteiger partial charge in [-0.05, 0) is 19.1 Å². The highest BCUT2D eigenvalue weighted by atomic mass is 16.7. The Morgan fingerprint density at radius 1 is 1.42 bits per heavy atom. The van der Waals surface area contributed by atoms with Crippen molar-refractivity contribution >= 4 is 5.97 Å². The molecular weight excluding hydrogens is 248 g/mol. The maximum Gasteiger partial charge on any atom is 0.341 e. The molecule has 0 unspecified atom stereocenters. The predicted octanol–water partition coefficient (Wildman–Crippen LogP) is 1.78. The maximum atomic E-state index is 11.6. The van der Waals surface area contributed by atoms with Crippen LogP contribution in [0.5, 0.6) is 11.5 Å². The summed E-state index contributed by atoms with van der Waals surface area (Å²) in [6.45, 7) is 2.33. The first-order valence-corrected chi connectivity index (χ1v) is 5.90. The minimum Gasteiger partial charge on any atom is -0.462 e. The van der Waals surface area contributed by atoms with E-state index in [-0.39, 0.29) is 12.8 Å². The summed E-state index contributed by atoms with van der Waals surface area (Å²) < 4.78 is 17.0. The van der Waals surface area contributed by atoms with Gasteiger partial charge in [0.2, 0.25) is 6.79 Å². The van der Waals surface area contributed by atoms with Gasteiger partial charge in [-0.1, -0.05) is 0 Å². The molecule has 0 spiro atoms. The monoisotopic (exact) mass is 260 g/mol. The number of esters is 1. The third kappa shape index (κ3) is 2.12. The van der Waals surface area contributed by atoms with Crippen LogP contribution in [0.15, 0.2) is 30.6 Å². The number of ether oxygens (including phenoxy) is 3. The lowest BCUT2D eigenvalue weighted by molar-refractivity contribution is 0.0526. The molecule has 6 nitrogen and oxygen atoms in total. The average Bonchev–Trinajstić information content (AvgIpc) is 3.07. The first-order valence-electron chi connectivity index (χ1n) is 5.90. The number of carbonyl (C=O) groups is 1. The van der Waals surface area contributed by atoms with Gasteiger partial charge in [0.05, 0.1) is 24.1 Å². The van der Waals surface area contributed by atoms with Crippen molar-refractivity contribution in [3.8, 4) is 17.2 Å². The van der Waals surface area contributed by atoms with Crippen LogP contribution in [0.1, 0.15) is 17.3 Å². The van der Waals surface area contributed by atoms with Gasteiger partial charge in [-0.3, -0.25) is 0 Å². The SMILES string of the molecule is CCOC(=O)c1cnn(-c2ccc3c(c2)OCO3)c1. The van der Waals surface area contributed by atoms with Crippen LogP contribution in [-0.4, -0.2) is 29.1 Å². The molecule has 0 radical (unpaired) electrons. The molecule has 19 heavy (non-hydrogen) atoms. The van der Waals surface area contributed by atoms with Crippen molar-refractivity contribution in [1.82, 2.24) is 9.78 Å². The van der Waals surface area contributed by atoms with E-state index >= 15 is 0 Å². The van der Waals surface area contributed by atoms with Gasteiger partial charge in [0.1, 0.15) is 0 Å². The molecule has 3 rings (SSSR count). The molecule has 1 aliphatic heterocycles. The number of fused-ring (bicyclic) bond motifs is 1. The van der Waals surface area contributed by atoms with Gasteiger partial charge in [-0.2, -0.15) is 5.10 Å². The lowest BCUT2D eigenvalue weighted by Gasteiger charge is -2.02. The Morgan fingerprint density at radius 3 is 3.11 bits per heavy atom. The Bertz CT molecular complexity index is 621. The van der Waals surface area contributed by atoms with Crippen molar-refractivity contribution in [3.05, 3.63) is 36.2 Å². The van der Waals surface area contributed by atoms with E-state index in [9.17, 15) is 4.79 Å². The van der Waals surface area contributed by atoms with Crippen LogP contribution in [0.25, 0.3) is 5.69 Å². The van der Waals surface area contributed by atoms with E-state index in [1.54, 1.807) is 17.8 Å². The third-order valence-electron chi connectivity index (χ3n) is 2.71. The molecular formula is C13H12N2O4. The van der Waals surface area contributed by atoms with Crippen LogP contribution in [0.4, 0.5) is 0 Å². The van der Waals surface area contributed by atoms with Crippen molar-refractivity contribution in [2.24, 2.45) is 0 Å². The maximum absolute atomic E-state index is 11.6. The van der Waals surface area contributed by atoms with Gasteiger partial charge < -0.3 is 14.2 Å². The smallest absolute Gasteiger partial charge is 0.341 e. The fraction of sp³-hybridized carbons (Fsp3) is 0.231. The number of aromatic nitrogens is 2. The Hall–Kier alpha value is -2.50. The van der Waals surface area contributed by atoms with E-state index in [4.69, 9.17) is 14.2 Å². The molecule has 2 aromatic rings. The molecule has 0 saturated heterocycles. The van der Waals surface area contributed by atoms with Crippen molar-refractivity contribution in [2.45, 2.75) is 6.92 Å². The molecule has 0 atom stereocenters. The van der Waals surface area contributed by atoms with Gasteiger partial charge in [0.25, 0.3) is 0 Å². The van der Waals surface area contributed by atoms with Crippen molar-refractivity contribution in [3.63, 3.8) is 0 Å². The molecule has 0 saturated carbocycles. The van der Waals surface area contributed by atoms with Crippen LogP contribution >= 0.6 is 0 Å². The molecule has 1 aliphatic rings. The molecule has 98 valence electrons. The molecule has 0 bridgehead atoms. The fourth-order valence-corrected chi connectivity index (χ4v) is 1.81. The zero-order chi connectivity index (χ0) is 13.2. The van der Waals surface area contributed by atoms with Gasteiger partial charge >= 0.3 is 5.97 Å². The van der Waals surface area contributed by atoms with Gasteiger partial charge in [-0.15, -0.1) is 0 Å². The average molecular weight is 260 g/mol. The summed E-state index contributed by atoms with van der Waals surface area (Å²) in [6, 6.07) is 5.46. The second kappa shape index (κ2) is 4.64. The second-order valence-electron chi connectivity index (χ2n) is 3.93. The number of benzene rings is 1. The highest BCUT2D eigenvalue weighted by Gasteiger charge is 2.15. The van der Waals surface area contributed by atoms with E-state index < -0.39 is 0 Å². The van der Waals surface area contributed by atoms with E-state index in [0.717, 1.165) is 5.69 Å². The van der Waals surface area contributed by atoms with E-state index in [0.29, 0.717) is 23.7 Å². The van der Waals surface area contributed by atoms with Gasteiger partial charge in [0.15, 0.2) is 11.5 Å². The van der Waals surface area contributed by atoms with E-state index in [1.165, 1.54) is 6.20 Å². The van der Waals surface area contributed by atoms with Crippen molar-refractivity contribution in [1.29, 1.82) is 0 Å². The first-order chi connectivity index (χ1) is 9.28. The summed E-state index contributed by atoms with van der Waals surface area (Å²) in [4.78, 5) is 11.6. The zero-order valence-electron chi connectivity index (χ0n) is 10.3. The van der Waals surface area contributed by atoms with Crippen LogP contribution < -0.4 is 9.47 Å². The molecule has 2 heterocycles. The Balaban J connectivity index is 1.88. The summed E-state index contributed by atoms with van der Waals surface area (Å²) in [5.74, 6) is 1.00. The van der Waals surface area contributed by atoms with Crippen molar-refractivity contribution in [2.75, 3.05) is 13.4 Å². The second-order valence-corrected chi connectivity index (χ2v) is 3.93. The fourth-order valence-electron chi connectivity index (χ4n) is 1.81. The highest BCUT2D eigenvalue weighted by Crippen LogP contribution is 2.33. The molecule has 1 aromatic carbocycles. The Labute approximate surface area is 109 Å². The number of hydrogen-bond donors (Lipinski definition) is 0. The molecule has 0 N–H and O–H groups in total. The molecule has 0 amide bonds. The standard InChI is InChI=1S/C13H12N2O4/c1-2-17-13(16)9-6-14-15(7-9)10-3-4-11-12(5-10)19-8-18-11/h3-7H,2,8H2,1H3. The first kappa shape index (κ1) is 11.6. The van der Waals surface area contributed by atoms with Gasteiger partial charge in [-0.25, -0.2) is 9.48 Å². The lowest BCUT2D eigenvalue weighted by atomic mass is 10.3. The molecule has 0 aliphatic carbocycles. The molecule has 6 heteroatoms. The largest absolute Gasteiger partial charge is 0.462 e. The predicted molar refractivity (Wildman–Crippen MR) is 65.6 cm³/mol. The van der Waals surface area contributed by atoms with Crippen LogP contribution in [-0.2, 0) is 4.74 Å². The summed E-state index contributed by atoms with van der Waals surface area (Å²) in [6.07, 6.45) is 3.10.